The van der Waals surface area contributed by atoms with E-state index in [1.165, 1.54) is 24.5 Å². The fourth-order valence-electron chi connectivity index (χ4n) is 1.57. The van der Waals surface area contributed by atoms with Crippen molar-refractivity contribution in [2.45, 2.75) is 6.10 Å². The van der Waals surface area contributed by atoms with E-state index in [0.29, 0.717) is 5.69 Å². The molecule has 0 spiro atoms. The number of hydrogen-bond donors (Lipinski definition) is 4. The second kappa shape index (κ2) is 6.61. The van der Waals surface area contributed by atoms with Crippen molar-refractivity contribution in [2.24, 2.45) is 0 Å². The van der Waals surface area contributed by atoms with Crippen LogP contribution in [0, 0.1) is 0 Å². The van der Waals surface area contributed by atoms with Crippen molar-refractivity contribution in [1.29, 1.82) is 0 Å². The van der Waals surface area contributed by atoms with Crippen molar-refractivity contribution >= 4 is 23.4 Å². The van der Waals surface area contributed by atoms with Gasteiger partial charge in [0.25, 0.3) is 10.1 Å². The lowest BCUT2D eigenvalue weighted by atomic mass is 10.3. The van der Waals surface area contributed by atoms with Crippen molar-refractivity contribution < 1.29 is 32.4 Å². The molecule has 9 nitrogen and oxygen atoms in total. The third kappa shape index (κ3) is 6.94. The number of anilines is 1. The van der Waals surface area contributed by atoms with Crippen molar-refractivity contribution in [1.82, 2.24) is 4.98 Å². The molecular weight excluding hydrogens is 311 g/mol. The summed E-state index contributed by atoms with van der Waals surface area (Å²) >= 11 is 0. The van der Waals surface area contributed by atoms with Crippen LogP contribution in [0.5, 0.6) is 0 Å². The standard InChI is InChI=1S/C9H15N2O7PS/c12-9(6-20(16,17)18)5-11(7-19(13,14)15)8-1-3-10-4-2-8/h1-4,9,12H,5-7H2,(H2,13,14,15)(H,16,17,18). The fraction of sp³-hybridized carbons (Fsp3) is 0.444. The zero-order valence-corrected chi connectivity index (χ0v) is 12.0. The van der Waals surface area contributed by atoms with Crippen LogP contribution >= 0.6 is 7.60 Å². The van der Waals surface area contributed by atoms with Crippen LogP contribution in [0.15, 0.2) is 24.5 Å². The van der Waals surface area contributed by atoms with E-state index in [1.54, 1.807) is 0 Å². The highest BCUT2D eigenvalue weighted by atomic mass is 32.2. The van der Waals surface area contributed by atoms with Gasteiger partial charge in [-0.1, -0.05) is 0 Å². The number of hydrogen-bond acceptors (Lipinski definition) is 6. The summed E-state index contributed by atoms with van der Waals surface area (Å²) in [5, 5.41) is 9.56. The monoisotopic (exact) mass is 326 g/mol. The van der Waals surface area contributed by atoms with Crippen LogP contribution in [-0.4, -0.2) is 57.5 Å². The van der Waals surface area contributed by atoms with Crippen LogP contribution in [0.2, 0.25) is 0 Å². The molecule has 0 amide bonds. The van der Waals surface area contributed by atoms with Gasteiger partial charge in [0.1, 0.15) is 12.0 Å². The lowest BCUT2D eigenvalue weighted by Gasteiger charge is -2.26. The van der Waals surface area contributed by atoms with Crippen LogP contribution in [0.4, 0.5) is 5.69 Å². The SMILES string of the molecule is O=P(O)(O)CN(CC(O)CS(=O)(=O)O)c1ccncc1. The van der Waals surface area contributed by atoms with Crippen LogP contribution in [0.3, 0.4) is 0 Å². The Morgan fingerprint density at radius 3 is 2.30 bits per heavy atom. The molecular formula is C9H15N2O7PS. The van der Waals surface area contributed by atoms with Gasteiger partial charge < -0.3 is 19.8 Å². The summed E-state index contributed by atoms with van der Waals surface area (Å²) in [6.45, 7) is -0.366. The predicted octanol–water partition coefficient (Wildman–Crippen LogP) is -0.728. The molecule has 0 aliphatic heterocycles. The molecule has 1 unspecified atom stereocenters. The molecule has 0 saturated heterocycles. The Bertz CT molecular complexity index is 573. The number of rotatable bonds is 7. The highest BCUT2D eigenvalue weighted by molar-refractivity contribution is 7.85. The maximum atomic E-state index is 11.1. The Kier molecular flexibility index (Phi) is 5.63. The van der Waals surface area contributed by atoms with Gasteiger partial charge in [-0.15, -0.1) is 0 Å². The second-order valence-corrected chi connectivity index (χ2v) is 7.25. The largest absolute Gasteiger partial charge is 0.390 e. The number of aliphatic hydroxyl groups excluding tert-OH is 1. The second-order valence-electron chi connectivity index (χ2n) is 4.14. The number of nitrogens with zero attached hydrogens (tertiary/aromatic N) is 2. The molecule has 1 atom stereocenters. The van der Waals surface area contributed by atoms with Crippen molar-refractivity contribution in [3.63, 3.8) is 0 Å². The molecule has 1 heterocycles. The smallest absolute Gasteiger partial charge is 0.344 e. The summed E-state index contributed by atoms with van der Waals surface area (Å²) in [6, 6.07) is 2.91. The van der Waals surface area contributed by atoms with Gasteiger partial charge in [-0.2, -0.15) is 8.42 Å². The molecule has 114 valence electrons. The summed E-state index contributed by atoms with van der Waals surface area (Å²) in [4.78, 5) is 22.9. The average Bonchev–Trinajstić information content (AvgIpc) is 2.25. The highest BCUT2D eigenvalue weighted by Crippen LogP contribution is 2.36. The number of pyridine rings is 1. The molecule has 0 aromatic carbocycles. The predicted molar refractivity (Wildman–Crippen MR) is 70.9 cm³/mol. The molecule has 11 heteroatoms. The van der Waals surface area contributed by atoms with Gasteiger partial charge in [0.05, 0.1) is 6.10 Å². The maximum Gasteiger partial charge on any atom is 0.344 e. The maximum absolute atomic E-state index is 11.1. The first kappa shape index (κ1) is 17.0. The fourth-order valence-corrected chi connectivity index (χ4v) is 2.89. The van der Waals surface area contributed by atoms with Gasteiger partial charge in [-0.3, -0.25) is 14.1 Å². The molecule has 0 bridgehead atoms. The Balaban J connectivity index is 2.87. The molecule has 4 N–H and O–H groups in total. The Labute approximate surface area is 115 Å². The lowest BCUT2D eigenvalue weighted by molar-refractivity contribution is 0.200. The number of aliphatic hydroxyl groups is 1. The van der Waals surface area contributed by atoms with Crippen LogP contribution in [0.1, 0.15) is 0 Å². The minimum absolute atomic E-state index is 0.359. The number of aromatic nitrogens is 1. The molecule has 20 heavy (non-hydrogen) atoms. The first-order valence-electron chi connectivity index (χ1n) is 5.39. The molecule has 0 radical (unpaired) electrons. The molecule has 0 aliphatic carbocycles. The Morgan fingerprint density at radius 1 is 1.30 bits per heavy atom. The van der Waals surface area contributed by atoms with Crippen molar-refractivity contribution in [3.8, 4) is 0 Å². The van der Waals surface area contributed by atoms with E-state index in [0.717, 1.165) is 4.90 Å². The topological polar surface area (TPSA) is 148 Å². The minimum atomic E-state index is -4.41. The lowest BCUT2D eigenvalue weighted by Crippen LogP contribution is -2.36. The van der Waals surface area contributed by atoms with E-state index >= 15 is 0 Å². The van der Waals surface area contributed by atoms with Gasteiger partial charge in [-0.05, 0) is 12.1 Å². The normalized spacial score (nSPS) is 14.0. The molecule has 0 fully saturated rings. The quantitative estimate of drug-likeness (QED) is 0.376. The summed E-state index contributed by atoms with van der Waals surface area (Å²) in [5.74, 6) is -0.921. The van der Waals surface area contributed by atoms with E-state index in [1.807, 2.05) is 0 Å². The van der Waals surface area contributed by atoms with Gasteiger partial charge in [0, 0.05) is 24.6 Å². The van der Waals surface area contributed by atoms with Gasteiger partial charge >= 0.3 is 7.60 Å². The van der Waals surface area contributed by atoms with Gasteiger partial charge in [-0.25, -0.2) is 0 Å². The molecule has 0 saturated carbocycles. The van der Waals surface area contributed by atoms with E-state index in [4.69, 9.17) is 14.3 Å². The highest BCUT2D eigenvalue weighted by Gasteiger charge is 2.24. The molecule has 0 aliphatic rings. The van der Waals surface area contributed by atoms with Crippen molar-refractivity contribution in [2.75, 3.05) is 23.5 Å². The molecule has 1 rings (SSSR count). The Hall–Kier alpha value is -1.03. The van der Waals surface area contributed by atoms with Crippen LogP contribution < -0.4 is 4.90 Å². The summed E-state index contributed by atoms with van der Waals surface area (Å²) < 4.78 is 41.0. The van der Waals surface area contributed by atoms with Gasteiger partial charge in [0.15, 0.2) is 0 Å². The van der Waals surface area contributed by atoms with E-state index in [-0.39, 0.29) is 6.54 Å². The first-order chi connectivity index (χ1) is 9.07. The first-order valence-corrected chi connectivity index (χ1v) is 8.80. The van der Waals surface area contributed by atoms with Crippen LogP contribution in [-0.2, 0) is 14.7 Å². The minimum Gasteiger partial charge on any atom is -0.390 e. The summed E-state index contributed by atoms with van der Waals surface area (Å²) in [7, 11) is -8.79. The van der Waals surface area contributed by atoms with Gasteiger partial charge in [0.2, 0.25) is 0 Å². The van der Waals surface area contributed by atoms with E-state index in [2.05, 4.69) is 4.98 Å². The van der Waals surface area contributed by atoms with Crippen LogP contribution in [0.25, 0.3) is 0 Å². The zero-order valence-electron chi connectivity index (χ0n) is 10.3. The van der Waals surface area contributed by atoms with E-state index < -0.39 is 35.9 Å². The summed E-state index contributed by atoms with van der Waals surface area (Å²) in [5.41, 5.74) is 0.359. The summed E-state index contributed by atoms with van der Waals surface area (Å²) in [6.07, 6.45) is 0.582. The average molecular weight is 326 g/mol. The molecule has 1 aromatic heterocycles. The third-order valence-electron chi connectivity index (χ3n) is 2.22. The van der Waals surface area contributed by atoms with Crippen molar-refractivity contribution in [3.05, 3.63) is 24.5 Å². The van der Waals surface area contributed by atoms with E-state index in [9.17, 15) is 18.1 Å². The third-order valence-corrected chi connectivity index (χ3v) is 3.73. The zero-order chi connectivity index (χ0) is 15.4. The Morgan fingerprint density at radius 2 is 1.85 bits per heavy atom. The molecule has 1 aromatic rings.